The van der Waals surface area contributed by atoms with Crippen LogP contribution in [-0.4, -0.2) is 5.91 Å². The van der Waals surface area contributed by atoms with Crippen molar-refractivity contribution < 1.29 is 9.21 Å². The number of rotatable bonds is 3. The second-order valence-corrected chi connectivity index (χ2v) is 8.30. The van der Waals surface area contributed by atoms with Gasteiger partial charge in [0, 0.05) is 15.8 Å². The predicted molar refractivity (Wildman–Crippen MR) is 117 cm³/mol. The summed E-state index contributed by atoms with van der Waals surface area (Å²) >= 11 is 1.48. The lowest BCUT2D eigenvalue weighted by Crippen LogP contribution is -2.12. The van der Waals surface area contributed by atoms with Crippen LogP contribution in [0.15, 0.2) is 63.8 Å². The van der Waals surface area contributed by atoms with Crippen molar-refractivity contribution in [3.63, 3.8) is 0 Å². The van der Waals surface area contributed by atoms with Gasteiger partial charge in [-0.15, -0.1) is 11.3 Å². The zero-order valence-corrected chi connectivity index (χ0v) is 16.7. The van der Waals surface area contributed by atoms with Crippen molar-refractivity contribution in [2.45, 2.75) is 19.3 Å². The summed E-state index contributed by atoms with van der Waals surface area (Å²) in [4.78, 5) is 26.5. The number of carbonyl (C=O) groups excluding carboxylic acids is 1. The number of hydrogen-bond donors (Lipinski definition) is 1. The molecule has 1 aliphatic carbocycles. The van der Waals surface area contributed by atoms with Crippen LogP contribution in [0.1, 0.15) is 32.8 Å². The van der Waals surface area contributed by atoms with Crippen LogP contribution in [0.25, 0.3) is 22.1 Å². The molecule has 0 atom stereocenters. The Morgan fingerprint density at radius 1 is 1.10 bits per heavy atom. The zero-order valence-electron chi connectivity index (χ0n) is 15.9. The van der Waals surface area contributed by atoms with Gasteiger partial charge in [0.25, 0.3) is 5.91 Å². The number of thiophene rings is 1. The minimum atomic E-state index is -0.451. The van der Waals surface area contributed by atoms with Crippen molar-refractivity contribution in [1.29, 1.82) is 5.26 Å². The summed E-state index contributed by atoms with van der Waals surface area (Å²) in [7, 11) is 0. The molecule has 0 fully saturated rings. The van der Waals surface area contributed by atoms with Gasteiger partial charge in [-0.05, 0) is 54.7 Å². The van der Waals surface area contributed by atoms with E-state index in [1.165, 1.54) is 16.2 Å². The fourth-order valence-electron chi connectivity index (χ4n) is 3.88. The normalized spacial score (nSPS) is 12.5. The quantitative estimate of drug-likeness (QED) is 0.473. The van der Waals surface area contributed by atoms with Crippen molar-refractivity contribution in [1.82, 2.24) is 0 Å². The third kappa shape index (κ3) is 3.10. The van der Waals surface area contributed by atoms with E-state index in [9.17, 15) is 14.9 Å². The Morgan fingerprint density at radius 3 is 2.83 bits per heavy atom. The van der Waals surface area contributed by atoms with Crippen LogP contribution in [-0.2, 0) is 12.8 Å². The van der Waals surface area contributed by atoms with E-state index in [4.69, 9.17) is 4.42 Å². The van der Waals surface area contributed by atoms with E-state index < -0.39 is 5.63 Å². The average Bonchev–Trinajstić information content (AvgIpc) is 3.34. The van der Waals surface area contributed by atoms with Gasteiger partial charge < -0.3 is 9.73 Å². The Bertz CT molecular complexity index is 1410. The number of nitrogens with zero attached hydrogens (tertiary/aromatic N) is 1. The molecule has 1 N–H and O–H groups in total. The van der Waals surface area contributed by atoms with E-state index in [-0.39, 0.29) is 5.91 Å². The molecule has 30 heavy (non-hydrogen) atoms. The number of amides is 1. The Hall–Kier alpha value is -3.69. The molecule has 0 saturated heterocycles. The molecule has 0 bridgehead atoms. The van der Waals surface area contributed by atoms with Crippen LogP contribution >= 0.6 is 11.3 Å². The average molecular weight is 412 g/mol. The van der Waals surface area contributed by atoms with Gasteiger partial charge in [-0.25, -0.2) is 4.79 Å². The molecule has 6 heteroatoms. The van der Waals surface area contributed by atoms with Crippen molar-refractivity contribution in [2.24, 2.45) is 0 Å². The summed E-state index contributed by atoms with van der Waals surface area (Å²) in [6.45, 7) is 0. The van der Waals surface area contributed by atoms with E-state index in [1.807, 2.05) is 18.2 Å². The first-order valence-corrected chi connectivity index (χ1v) is 10.4. The number of anilines is 1. The standard InChI is InChI=1S/C24H16N2O3S/c25-13-19-17-8-4-10-21(17)30-23(19)26-22(27)16-7-3-6-14(11-16)18-12-15-5-1-2-9-20(15)29-24(18)28/h1-3,5-7,9,11-12H,4,8,10H2,(H,26,27). The second-order valence-electron chi connectivity index (χ2n) is 7.19. The zero-order chi connectivity index (χ0) is 20.7. The summed E-state index contributed by atoms with van der Waals surface area (Å²) < 4.78 is 5.42. The van der Waals surface area contributed by atoms with Gasteiger partial charge in [-0.2, -0.15) is 5.26 Å². The van der Waals surface area contributed by atoms with Gasteiger partial charge in [0.05, 0.1) is 11.1 Å². The van der Waals surface area contributed by atoms with E-state index in [2.05, 4.69) is 11.4 Å². The van der Waals surface area contributed by atoms with Crippen LogP contribution in [0.4, 0.5) is 5.00 Å². The third-order valence-electron chi connectivity index (χ3n) is 5.34. The molecule has 2 heterocycles. The minimum absolute atomic E-state index is 0.307. The fourth-order valence-corrected chi connectivity index (χ4v) is 5.11. The number of nitrogens with one attached hydrogen (secondary N) is 1. The van der Waals surface area contributed by atoms with Gasteiger partial charge in [0.1, 0.15) is 16.7 Å². The van der Waals surface area contributed by atoms with Crippen molar-refractivity contribution in [2.75, 3.05) is 5.32 Å². The van der Waals surface area contributed by atoms with Crippen molar-refractivity contribution in [3.05, 3.63) is 86.6 Å². The summed E-state index contributed by atoms with van der Waals surface area (Å²) in [5.41, 5.74) is 3.14. The first kappa shape index (κ1) is 18.3. The minimum Gasteiger partial charge on any atom is -0.422 e. The Labute approximate surface area is 176 Å². The highest BCUT2D eigenvalue weighted by Gasteiger charge is 2.23. The van der Waals surface area contributed by atoms with Crippen molar-refractivity contribution >= 4 is 33.2 Å². The highest BCUT2D eigenvalue weighted by atomic mass is 32.1. The number of nitriles is 1. The van der Waals surface area contributed by atoms with Crippen LogP contribution < -0.4 is 10.9 Å². The Morgan fingerprint density at radius 2 is 1.97 bits per heavy atom. The van der Waals surface area contributed by atoms with E-state index in [1.54, 1.807) is 36.4 Å². The monoisotopic (exact) mass is 412 g/mol. The van der Waals surface area contributed by atoms with E-state index in [0.29, 0.717) is 32.8 Å². The largest absolute Gasteiger partial charge is 0.422 e. The molecule has 2 aromatic carbocycles. The van der Waals surface area contributed by atoms with Crippen LogP contribution in [0.2, 0.25) is 0 Å². The first-order chi connectivity index (χ1) is 14.6. The molecule has 0 aliphatic heterocycles. The molecule has 0 spiro atoms. The van der Waals surface area contributed by atoms with Gasteiger partial charge in [-0.3, -0.25) is 4.79 Å². The molecule has 0 saturated carbocycles. The molecule has 0 unspecified atom stereocenters. The summed E-state index contributed by atoms with van der Waals surface area (Å²) in [6.07, 6.45) is 2.90. The lowest BCUT2D eigenvalue weighted by molar-refractivity contribution is 0.102. The molecule has 5 nitrogen and oxygen atoms in total. The fraction of sp³-hybridized carbons (Fsp3) is 0.125. The number of fused-ring (bicyclic) bond motifs is 2. The number of carbonyl (C=O) groups is 1. The van der Waals surface area contributed by atoms with Gasteiger partial charge in [0.2, 0.25) is 0 Å². The number of benzene rings is 2. The smallest absolute Gasteiger partial charge is 0.344 e. The molecular weight excluding hydrogens is 396 g/mol. The van der Waals surface area contributed by atoms with E-state index in [0.717, 1.165) is 30.2 Å². The Balaban J connectivity index is 1.49. The number of para-hydroxylation sites is 1. The Kier molecular flexibility index (Phi) is 4.46. The predicted octanol–water partition coefficient (Wildman–Crippen LogP) is 5.13. The molecule has 4 aromatic rings. The van der Waals surface area contributed by atoms with Gasteiger partial charge in [0.15, 0.2) is 0 Å². The SMILES string of the molecule is N#Cc1c(NC(=O)c2cccc(-c3cc4ccccc4oc3=O)c2)sc2c1CCC2. The molecule has 1 aliphatic rings. The first-order valence-electron chi connectivity index (χ1n) is 9.63. The van der Waals surface area contributed by atoms with Gasteiger partial charge >= 0.3 is 5.63 Å². The molecule has 5 rings (SSSR count). The van der Waals surface area contributed by atoms with Crippen LogP contribution in [0.5, 0.6) is 0 Å². The highest BCUT2D eigenvalue weighted by molar-refractivity contribution is 7.16. The van der Waals surface area contributed by atoms with E-state index >= 15 is 0 Å². The summed E-state index contributed by atoms with van der Waals surface area (Å²) in [6, 6.07) is 18.2. The highest BCUT2D eigenvalue weighted by Crippen LogP contribution is 2.38. The maximum atomic E-state index is 12.9. The summed E-state index contributed by atoms with van der Waals surface area (Å²) in [5, 5.41) is 13.8. The number of aryl methyl sites for hydroxylation is 1. The van der Waals surface area contributed by atoms with Gasteiger partial charge in [-0.1, -0.05) is 30.3 Å². The topological polar surface area (TPSA) is 83.1 Å². The molecular formula is C24H16N2O3S. The molecule has 1 amide bonds. The third-order valence-corrected chi connectivity index (χ3v) is 6.54. The van der Waals surface area contributed by atoms with Crippen LogP contribution in [0, 0.1) is 11.3 Å². The van der Waals surface area contributed by atoms with Crippen molar-refractivity contribution in [3.8, 4) is 17.2 Å². The number of hydrogen-bond acceptors (Lipinski definition) is 5. The summed E-state index contributed by atoms with van der Waals surface area (Å²) in [5.74, 6) is -0.307. The molecule has 0 radical (unpaired) electrons. The maximum absolute atomic E-state index is 12.9. The molecule has 2 aromatic heterocycles. The van der Waals surface area contributed by atoms with Crippen LogP contribution in [0.3, 0.4) is 0 Å². The maximum Gasteiger partial charge on any atom is 0.344 e. The second kappa shape index (κ2) is 7.29. The lowest BCUT2D eigenvalue weighted by atomic mass is 10.0. The lowest BCUT2D eigenvalue weighted by Gasteiger charge is -2.07. The molecule has 146 valence electrons.